The van der Waals surface area contributed by atoms with Crippen LogP contribution in [0.1, 0.15) is 69.2 Å². The minimum absolute atomic E-state index is 0.0144. The van der Waals surface area contributed by atoms with Gasteiger partial charge >= 0.3 is 12.5 Å². The Balaban J connectivity index is 1.02. The van der Waals surface area contributed by atoms with Gasteiger partial charge in [0.1, 0.15) is 29.3 Å². The topological polar surface area (TPSA) is 192 Å². The molecule has 0 saturated carbocycles. The molecule has 4 atom stereocenters. The van der Waals surface area contributed by atoms with E-state index in [1.165, 1.54) is 25.4 Å². The first-order valence-electron chi connectivity index (χ1n) is 22.5. The fraction of sp³-hybridized carbons (Fsp3) is 0.458. The number of alkyl halides is 3. The number of fused-ring (bicyclic) bond motifs is 3. The van der Waals surface area contributed by atoms with Crippen LogP contribution in [-0.2, 0) is 19.1 Å². The number of aromatic nitrogens is 3. The number of likely N-dealkylation sites (tertiary alicyclic amines) is 1. The van der Waals surface area contributed by atoms with E-state index in [0.29, 0.717) is 92.1 Å². The van der Waals surface area contributed by atoms with E-state index in [-0.39, 0.29) is 53.0 Å². The van der Waals surface area contributed by atoms with Crippen LogP contribution in [0.15, 0.2) is 60.8 Å². The lowest BCUT2D eigenvalue weighted by molar-refractivity contribution is -0.274. The van der Waals surface area contributed by atoms with Gasteiger partial charge in [0, 0.05) is 68.6 Å². The highest BCUT2D eigenvalue weighted by atomic mass is 19.4. The maximum absolute atomic E-state index is 15.9. The molecular weight excluding hydrogens is 893 g/mol. The largest absolute Gasteiger partial charge is 0.573 e. The maximum atomic E-state index is 15.9. The Bertz CT molecular complexity index is 2710. The number of aliphatic hydroxyl groups excluding tert-OH is 1. The number of amides is 4. The number of hydrogen-bond acceptors (Lipinski definition) is 11. The maximum Gasteiger partial charge on any atom is 0.573 e. The minimum atomic E-state index is -5.17. The summed E-state index contributed by atoms with van der Waals surface area (Å²) in [6.07, 6.45) is -2.80. The molecule has 68 heavy (non-hydrogen) atoms. The van der Waals surface area contributed by atoms with E-state index in [2.05, 4.69) is 25.3 Å². The molecule has 3 saturated heterocycles. The number of carbonyl (C=O) groups excluding carboxylic acids is 4. The van der Waals surface area contributed by atoms with Crippen LogP contribution in [0.2, 0.25) is 0 Å². The number of carbonyl (C=O) groups is 4. The monoisotopic (exact) mass is 946 g/mol. The van der Waals surface area contributed by atoms with Crippen molar-refractivity contribution >= 4 is 57.1 Å². The lowest BCUT2D eigenvalue weighted by atomic mass is 9.90. The quantitative estimate of drug-likeness (QED) is 0.0981. The van der Waals surface area contributed by atoms with E-state index < -0.39 is 53.1 Å². The number of H-pyrrole nitrogens is 1. The normalized spacial score (nSPS) is 19.9. The Morgan fingerprint density at radius 1 is 1.00 bits per heavy atom. The third-order valence-corrected chi connectivity index (χ3v) is 13.1. The molecule has 0 unspecified atom stereocenters. The number of ether oxygens (including phenoxy) is 3. The first-order valence-corrected chi connectivity index (χ1v) is 22.5. The third kappa shape index (κ3) is 10.0. The Kier molecular flexibility index (Phi) is 13.5. The Labute approximate surface area is 389 Å². The zero-order valence-corrected chi connectivity index (χ0v) is 38.3. The van der Waals surface area contributed by atoms with Crippen LogP contribution in [0.25, 0.3) is 32.9 Å². The van der Waals surface area contributed by atoms with Gasteiger partial charge in [-0.1, -0.05) is 25.1 Å². The first-order chi connectivity index (χ1) is 32.3. The van der Waals surface area contributed by atoms with Gasteiger partial charge < -0.3 is 49.6 Å². The molecule has 3 fully saturated rings. The molecule has 0 radical (unpaired) electrons. The number of nitrogens with zero attached hydrogens (tertiary/aromatic N) is 5. The molecule has 3 aliphatic rings. The van der Waals surface area contributed by atoms with Gasteiger partial charge in [0.05, 0.1) is 47.5 Å². The fourth-order valence-electron chi connectivity index (χ4n) is 9.44. The van der Waals surface area contributed by atoms with Gasteiger partial charge in [-0.05, 0) is 93.2 Å². The number of pyridine rings is 1. The number of hydrogen-bond donors (Lipinski definition) is 4. The summed E-state index contributed by atoms with van der Waals surface area (Å²) in [5.41, 5.74) is -0.280. The molecule has 2 aromatic heterocycles. The lowest BCUT2D eigenvalue weighted by Crippen LogP contribution is -2.56. The number of alkyl carbamates (subject to hydrolysis) is 1. The average Bonchev–Trinajstić information content (AvgIpc) is 3.94. The zero-order valence-electron chi connectivity index (χ0n) is 38.3. The Hall–Kier alpha value is -6.54. The summed E-state index contributed by atoms with van der Waals surface area (Å²) in [4.78, 5) is 71.0. The standard InChI is InChI=1S/C48H54F4N8O8/c1-26-18-37(60(23-26)44(63)40(57-46(65)66-5)28-12-16-67-17-13-28)42-54-35-10-7-29-19-30(6-9-32(29)41(35)56-42)33-20-34(49)36(21-38(33)68-48(50,51)52)55-43(62)31-8-11-39(53-22-31)59-15-14-58(24-27(59)2)45(64)47(3,4)25-61/h6-11,19-22,26-28,37,40,61H,12-18,23-25H2,1-5H3,(H,54,56)(H,55,62)(H,57,65)/t26-,27+,37-,40-/m0/s1. The number of imidazole rings is 1. The smallest absolute Gasteiger partial charge is 0.453 e. The minimum Gasteiger partial charge on any atom is -0.453 e. The molecule has 16 nitrogen and oxygen atoms in total. The highest BCUT2D eigenvalue weighted by molar-refractivity contribution is 6.06. The molecule has 362 valence electrons. The molecule has 0 spiro atoms. The molecule has 5 heterocycles. The molecule has 3 aromatic carbocycles. The average molecular weight is 947 g/mol. The number of nitrogens with one attached hydrogen (secondary N) is 3. The number of halogens is 4. The Morgan fingerprint density at radius 2 is 1.76 bits per heavy atom. The summed E-state index contributed by atoms with van der Waals surface area (Å²) in [5, 5.41) is 16.0. The number of benzene rings is 3. The molecule has 0 bridgehead atoms. The lowest BCUT2D eigenvalue weighted by Gasteiger charge is -2.42. The van der Waals surface area contributed by atoms with Crippen LogP contribution in [0.3, 0.4) is 0 Å². The molecule has 3 aliphatic heterocycles. The van der Waals surface area contributed by atoms with Crippen molar-refractivity contribution in [2.45, 2.75) is 71.4 Å². The number of piperazine rings is 1. The van der Waals surface area contributed by atoms with Crippen LogP contribution in [-0.4, -0.2) is 125 Å². The van der Waals surface area contributed by atoms with Crippen molar-refractivity contribution in [3.05, 3.63) is 78.0 Å². The van der Waals surface area contributed by atoms with Crippen LogP contribution < -0.4 is 20.3 Å². The molecule has 20 heteroatoms. The van der Waals surface area contributed by atoms with Gasteiger partial charge in [-0.25, -0.2) is 19.2 Å². The second-order valence-electron chi connectivity index (χ2n) is 18.5. The molecular formula is C48H54F4N8O8. The van der Waals surface area contributed by atoms with Gasteiger partial charge in [-0.15, -0.1) is 13.2 Å². The summed E-state index contributed by atoms with van der Waals surface area (Å²) < 4.78 is 72.4. The fourth-order valence-corrected chi connectivity index (χ4v) is 9.44. The van der Waals surface area contributed by atoms with Crippen molar-refractivity contribution in [1.29, 1.82) is 0 Å². The van der Waals surface area contributed by atoms with Gasteiger partial charge in [-0.3, -0.25) is 14.4 Å². The molecule has 0 aliphatic carbocycles. The van der Waals surface area contributed by atoms with Crippen LogP contribution in [0.4, 0.5) is 33.9 Å². The number of rotatable bonds is 11. The van der Waals surface area contributed by atoms with Gasteiger partial charge in [-0.2, -0.15) is 0 Å². The zero-order chi connectivity index (χ0) is 48.7. The predicted octanol–water partition coefficient (Wildman–Crippen LogP) is 7.18. The van der Waals surface area contributed by atoms with Crippen molar-refractivity contribution < 1.29 is 56.1 Å². The van der Waals surface area contributed by atoms with E-state index in [1.54, 1.807) is 54.0 Å². The second-order valence-corrected chi connectivity index (χ2v) is 18.5. The molecule has 8 rings (SSSR count). The van der Waals surface area contributed by atoms with Gasteiger partial charge in [0.15, 0.2) is 0 Å². The van der Waals surface area contributed by atoms with Crippen LogP contribution >= 0.6 is 0 Å². The Morgan fingerprint density at radius 3 is 2.44 bits per heavy atom. The van der Waals surface area contributed by atoms with E-state index in [4.69, 9.17) is 14.5 Å². The van der Waals surface area contributed by atoms with Crippen molar-refractivity contribution in [2.75, 3.05) is 63.3 Å². The van der Waals surface area contributed by atoms with Crippen LogP contribution in [0, 0.1) is 23.1 Å². The number of aliphatic hydroxyl groups is 1. The summed E-state index contributed by atoms with van der Waals surface area (Å²) in [7, 11) is 1.25. The first kappa shape index (κ1) is 47.9. The van der Waals surface area contributed by atoms with Crippen molar-refractivity contribution in [3.8, 4) is 16.9 Å². The van der Waals surface area contributed by atoms with E-state index in [1.807, 2.05) is 18.7 Å². The van der Waals surface area contributed by atoms with Gasteiger partial charge in [0.2, 0.25) is 11.8 Å². The van der Waals surface area contributed by atoms with E-state index in [9.17, 15) is 37.5 Å². The van der Waals surface area contributed by atoms with Gasteiger partial charge in [0.25, 0.3) is 5.91 Å². The summed E-state index contributed by atoms with van der Waals surface area (Å²) in [5.74, 6) is -1.97. The highest BCUT2D eigenvalue weighted by Crippen LogP contribution is 2.41. The summed E-state index contributed by atoms with van der Waals surface area (Å²) in [6.45, 7) is 9.63. The molecule has 5 aromatic rings. The second kappa shape index (κ2) is 19.2. The number of aromatic amines is 1. The molecule has 4 amide bonds. The van der Waals surface area contributed by atoms with Crippen molar-refractivity contribution in [1.82, 2.24) is 30.1 Å². The van der Waals surface area contributed by atoms with E-state index >= 15 is 4.39 Å². The third-order valence-electron chi connectivity index (χ3n) is 13.1. The number of anilines is 2. The van der Waals surface area contributed by atoms with Crippen molar-refractivity contribution in [3.63, 3.8) is 0 Å². The van der Waals surface area contributed by atoms with E-state index in [0.717, 1.165) is 12.1 Å². The summed E-state index contributed by atoms with van der Waals surface area (Å²) >= 11 is 0. The highest BCUT2D eigenvalue weighted by Gasteiger charge is 2.43. The number of methoxy groups -OCH3 is 1. The SMILES string of the molecule is COC(=O)N[C@H](C(=O)N1C[C@@H](C)C[C@H]1c1nc2c(ccc3cc(-c4cc(F)c(NC(=O)c5ccc(N6CCN(C(=O)C(C)(C)CO)C[C@H]6C)nc5)cc4OC(F)(F)F)ccc32)[nH]1)C1CCOCC1. The van der Waals surface area contributed by atoms with Crippen molar-refractivity contribution in [2.24, 2.45) is 17.3 Å². The predicted molar refractivity (Wildman–Crippen MR) is 243 cm³/mol. The van der Waals surface area contributed by atoms with Crippen LogP contribution in [0.5, 0.6) is 5.75 Å². The molecule has 4 N–H and O–H groups in total. The summed E-state index contributed by atoms with van der Waals surface area (Å²) in [6, 6.07) is 11.6.